The molecule has 1 unspecified atom stereocenters. The predicted molar refractivity (Wildman–Crippen MR) is 110 cm³/mol. The standard InChI is InChI=1S/C19H17IN4O4/c1-19(12-4-2-3-11(9-12)16(21)26)17(27)24(18(28)23-19)10-15(25)22-14-7-5-13(20)6-8-14/h2-9H,10H2,1H3,(H2,21,26)(H,22,25)(H,23,28). The summed E-state index contributed by atoms with van der Waals surface area (Å²) in [6.45, 7) is 1.09. The molecule has 2 aromatic rings. The van der Waals surface area contributed by atoms with Crippen molar-refractivity contribution in [2.24, 2.45) is 5.73 Å². The number of nitrogens with one attached hydrogen (secondary N) is 2. The molecule has 1 saturated heterocycles. The van der Waals surface area contributed by atoms with Crippen molar-refractivity contribution >= 4 is 52.0 Å². The van der Waals surface area contributed by atoms with Crippen molar-refractivity contribution < 1.29 is 19.2 Å². The molecule has 1 heterocycles. The second kappa shape index (κ2) is 7.58. The van der Waals surface area contributed by atoms with E-state index in [1.54, 1.807) is 24.3 Å². The number of anilines is 1. The number of urea groups is 1. The van der Waals surface area contributed by atoms with Crippen molar-refractivity contribution in [3.63, 3.8) is 0 Å². The first kappa shape index (κ1) is 19.8. The first-order chi connectivity index (χ1) is 13.2. The monoisotopic (exact) mass is 492 g/mol. The lowest BCUT2D eigenvalue weighted by atomic mass is 9.90. The van der Waals surface area contributed by atoms with Crippen LogP contribution in [-0.4, -0.2) is 35.2 Å². The SMILES string of the molecule is CC1(c2cccc(C(N)=O)c2)NC(=O)N(CC(=O)Nc2ccc(I)cc2)C1=O. The number of hydrogen-bond donors (Lipinski definition) is 3. The summed E-state index contributed by atoms with van der Waals surface area (Å²) >= 11 is 2.14. The second-order valence-electron chi connectivity index (χ2n) is 6.45. The highest BCUT2D eigenvalue weighted by atomic mass is 127. The molecule has 1 atom stereocenters. The van der Waals surface area contributed by atoms with Crippen LogP contribution < -0.4 is 16.4 Å². The number of benzene rings is 2. The molecule has 0 radical (unpaired) electrons. The number of nitrogens with zero attached hydrogens (tertiary/aromatic N) is 1. The molecule has 2 aromatic carbocycles. The zero-order valence-corrected chi connectivity index (χ0v) is 17.0. The highest BCUT2D eigenvalue weighted by Gasteiger charge is 2.49. The number of primary amides is 1. The molecule has 4 N–H and O–H groups in total. The van der Waals surface area contributed by atoms with Gasteiger partial charge in [0.15, 0.2) is 0 Å². The van der Waals surface area contributed by atoms with Crippen LogP contribution in [0.1, 0.15) is 22.8 Å². The van der Waals surface area contributed by atoms with Gasteiger partial charge in [0, 0.05) is 14.8 Å². The van der Waals surface area contributed by atoms with Gasteiger partial charge in [-0.15, -0.1) is 0 Å². The van der Waals surface area contributed by atoms with Gasteiger partial charge in [-0.25, -0.2) is 4.79 Å². The van der Waals surface area contributed by atoms with Crippen LogP contribution in [0, 0.1) is 3.57 Å². The molecular formula is C19H17IN4O4. The largest absolute Gasteiger partial charge is 0.366 e. The molecule has 28 heavy (non-hydrogen) atoms. The number of hydrogen-bond acceptors (Lipinski definition) is 4. The van der Waals surface area contributed by atoms with Crippen LogP contribution >= 0.6 is 22.6 Å². The first-order valence-electron chi connectivity index (χ1n) is 8.30. The quantitative estimate of drug-likeness (QED) is 0.435. The Hall–Kier alpha value is -2.95. The summed E-state index contributed by atoms with van der Waals surface area (Å²) < 4.78 is 1.01. The maximum atomic E-state index is 12.9. The minimum absolute atomic E-state index is 0.218. The van der Waals surface area contributed by atoms with Crippen LogP contribution in [0.5, 0.6) is 0 Å². The third-order valence-electron chi connectivity index (χ3n) is 4.43. The van der Waals surface area contributed by atoms with Gasteiger partial charge in [0.25, 0.3) is 5.91 Å². The molecule has 0 spiro atoms. The highest BCUT2D eigenvalue weighted by molar-refractivity contribution is 14.1. The van der Waals surface area contributed by atoms with E-state index in [1.165, 1.54) is 19.1 Å². The molecule has 0 saturated carbocycles. The van der Waals surface area contributed by atoms with E-state index < -0.39 is 35.8 Å². The Bertz CT molecular complexity index is 976. The average molecular weight is 492 g/mol. The number of amides is 5. The van der Waals surface area contributed by atoms with Gasteiger partial charge in [0.1, 0.15) is 12.1 Å². The number of carbonyl (C=O) groups is 4. The molecule has 5 amide bonds. The first-order valence-corrected chi connectivity index (χ1v) is 9.38. The molecular weight excluding hydrogens is 475 g/mol. The Morgan fingerprint density at radius 2 is 1.86 bits per heavy atom. The van der Waals surface area contributed by atoms with Crippen molar-refractivity contribution in [3.05, 3.63) is 63.2 Å². The van der Waals surface area contributed by atoms with Gasteiger partial charge in [0.2, 0.25) is 11.8 Å². The van der Waals surface area contributed by atoms with Crippen LogP contribution in [0.25, 0.3) is 0 Å². The van der Waals surface area contributed by atoms with Gasteiger partial charge in [-0.3, -0.25) is 19.3 Å². The highest BCUT2D eigenvalue weighted by Crippen LogP contribution is 2.29. The van der Waals surface area contributed by atoms with Crippen LogP contribution in [-0.2, 0) is 15.1 Å². The second-order valence-corrected chi connectivity index (χ2v) is 7.69. The Morgan fingerprint density at radius 1 is 1.18 bits per heavy atom. The molecule has 3 rings (SSSR count). The fraction of sp³-hybridized carbons (Fsp3) is 0.158. The minimum Gasteiger partial charge on any atom is -0.366 e. The van der Waals surface area contributed by atoms with Crippen LogP contribution in [0.2, 0.25) is 0 Å². The summed E-state index contributed by atoms with van der Waals surface area (Å²) in [5, 5.41) is 5.24. The number of halogens is 1. The molecule has 9 heteroatoms. The maximum Gasteiger partial charge on any atom is 0.325 e. The van der Waals surface area contributed by atoms with Gasteiger partial charge < -0.3 is 16.4 Å². The molecule has 144 valence electrons. The summed E-state index contributed by atoms with van der Waals surface area (Å²) in [5.74, 6) is -1.73. The Morgan fingerprint density at radius 3 is 2.50 bits per heavy atom. The molecule has 0 aliphatic carbocycles. The van der Waals surface area contributed by atoms with Gasteiger partial charge in [-0.05, 0) is 71.5 Å². The number of rotatable bonds is 5. The van der Waals surface area contributed by atoms with Crippen LogP contribution in [0.15, 0.2) is 48.5 Å². The van der Waals surface area contributed by atoms with E-state index in [0.717, 1.165) is 8.47 Å². The fourth-order valence-corrected chi connectivity index (χ4v) is 3.26. The molecule has 0 bridgehead atoms. The van der Waals surface area contributed by atoms with Crippen molar-refractivity contribution in [2.75, 3.05) is 11.9 Å². The normalized spacial score (nSPS) is 18.7. The Labute approximate surface area is 174 Å². The van der Waals surface area contributed by atoms with Crippen LogP contribution in [0.3, 0.4) is 0 Å². The minimum atomic E-state index is -1.40. The Kier molecular flexibility index (Phi) is 5.36. The fourth-order valence-electron chi connectivity index (χ4n) is 2.90. The van der Waals surface area contributed by atoms with Crippen LogP contribution in [0.4, 0.5) is 10.5 Å². The van der Waals surface area contributed by atoms with Crippen molar-refractivity contribution in [2.45, 2.75) is 12.5 Å². The van der Waals surface area contributed by atoms with E-state index in [0.29, 0.717) is 11.3 Å². The third kappa shape index (κ3) is 3.84. The molecule has 8 nitrogen and oxygen atoms in total. The van der Waals surface area contributed by atoms with E-state index >= 15 is 0 Å². The lowest BCUT2D eigenvalue weighted by Gasteiger charge is -2.22. The summed E-state index contributed by atoms with van der Waals surface area (Å²) in [4.78, 5) is 49.8. The predicted octanol–water partition coefficient (Wildman–Crippen LogP) is 1.80. The summed E-state index contributed by atoms with van der Waals surface area (Å²) in [7, 11) is 0. The number of imide groups is 1. The maximum absolute atomic E-state index is 12.9. The Balaban J connectivity index is 1.77. The summed E-state index contributed by atoms with van der Waals surface area (Å²) in [6, 6.07) is 12.6. The zero-order chi connectivity index (χ0) is 20.5. The molecule has 1 fully saturated rings. The van der Waals surface area contributed by atoms with Gasteiger partial charge >= 0.3 is 6.03 Å². The van der Waals surface area contributed by atoms with Gasteiger partial charge in [-0.2, -0.15) is 0 Å². The molecule has 1 aliphatic heterocycles. The summed E-state index contributed by atoms with van der Waals surface area (Å²) in [6.07, 6.45) is 0. The van der Waals surface area contributed by atoms with E-state index in [-0.39, 0.29) is 5.56 Å². The molecule has 0 aromatic heterocycles. The van der Waals surface area contributed by atoms with E-state index in [1.807, 2.05) is 12.1 Å². The molecule has 1 aliphatic rings. The average Bonchev–Trinajstić information content (AvgIpc) is 2.88. The van der Waals surface area contributed by atoms with Crippen molar-refractivity contribution in [1.29, 1.82) is 0 Å². The smallest absolute Gasteiger partial charge is 0.325 e. The van der Waals surface area contributed by atoms with E-state index in [4.69, 9.17) is 5.73 Å². The number of nitrogens with two attached hydrogens (primary N) is 1. The number of carbonyl (C=O) groups excluding carboxylic acids is 4. The lowest BCUT2D eigenvalue weighted by Crippen LogP contribution is -2.42. The summed E-state index contributed by atoms with van der Waals surface area (Å²) in [5.41, 5.74) is 5.08. The van der Waals surface area contributed by atoms with E-state index in [2.05, 4.69) is 33.2 Å². The lowest BCUT2D eigenvalue weighted by molar-refractivity contribution is -0.133. The van der Waals surface area contributed by atoms with Crippen molar-refractivity contribution in [1.82, 2.24) is 10.2 Å². The van der Waals surface area contributed by atoms with Crippen molar-refractivity contribution in [3.8, 4) is 0 Å². The topological polar surface area (TPSA) is 122 Å². The van der Waals surface area contributed by atoms with E-state index in [9.17, 15) is 19.2 Å². The third-order valence-corrected chi connectivity index (χ3v) is 5.15. The zero-order valence-electron chi connectivity index (χ0n) is 14.9. The van der Waals surface area contributed by atoms with Gasteiger partial charge in [-0.1, -0.05) is 12.1 Å². The van der Waals surface area contributed by atoms with Gasteiger partial charge in [0.05, 0.1) is 0 Å².